The number of nitrogens with two attached hydrogens (primary N) is 2. The van der Waals surface area contributed by atoms with E-state index in [1.54, 1.807) is 0 Å². The molecule has 1 atom stereocenters. The summed E-state index contributed by atoms with van der Waals surface area (Å²) in [5.41, 5.74) is 10.1. The number of primary amides is 2. The van der Waals surface area contributed by atoms with Gasteiger partial charge >= 0.3 is 0 Å². The second kappa shape index (κ2) is 6.22. The number of carbonyl (C=O) groups is 3. The average molecular weight is 241 g/mol. The van der Waals surface area contributed by atoms with Gasteiger partial charge in [-0.15, -0.1) is 0 Å². The topological polar surface area (TPSA) is 115 Å². The van der Waals surface area contributed by atoms with Crippen LogP contribution in [0.25, 0.3) is 0 Å². The molecule has 1 aliphatic rings. The summed E-state index contributed by atoms with van der Waals surface area (Å²) in [6, 6.07) is -0.985. The van der Waals surface area contributed by atoms with E-state index in [0.717, 1.165) is 25.7 Å². The molecule has 0 heterocycles. The summed E-state index contributed by atoms with van der Waals surface area (Å²) in [5, 5.41) is 2.46. The molecule has 0 saturated heterocycles. The van der Waals surface area contributed by atoms with Gasteiger partial charge in [0.1, 0.15) is 6.04 Å². The Bertz CT molecular complexity index is 311. The zero-order chi connectivity index (χ0) is 12.8. The first-order chi connectivity index (χ1) is 7.99. The van der Waals surface area contributed by atoms with Gasteiger partial charge in [0.05, 0.1) is 6.42 Å². The molecule has 0 aromatic rings. The Morgan fingerprint density at radius 3 is 2.24 bits per heavy atom. The molecular weight excluding hydrogens is 222 g/mol. The van der Waals surface area contributed by atoms with Gasteiger partial charge < -0.3 is 16.8 Å². The number of rotatable bonds is 6. The van der Waals surface area contributed by atoms with Gasteiger partial charge in [-0.2, -0.15) is 0 Å². The maximum absolute atomic E-state index is 11.6. The maximum atomic E-state index is 11.6. The smallest absolute Gasteiger partial charge is 0.240 e. The number of nitrogens with one attached hydrogen (secondary N) is 1. The highest BCUT2D eigenvalue weighted by Gasteiger charge is 2.23. The molecule has 3 amide bonds. The van der Waals surface area contributed by atoms with Gasteiger partial charge in [0.25, 0.3) is 0 Å². The Morgan fingerprint density at radius 1 is 1.18 bits per heavy atom. The molecule has 1 saturated carbocycles. The Balaban J connectivity index is 2.40. The third-order valence-corrected chi connectivity index (χ3v) is 3.03. The molecule has 17 heavy (non-hydrogen) atoms. The fourth-order valence-electron chi connectivity index (χ4n) is 2.15. The molecule has 0 aromatic heterocycles. The van der Waals surface area contributed by atoms with E-state index in [4.69, 9.17) is 11.5 Å². The fraction of sp³-hybridized carbons (Fsp3) is 0.727. The van der Waals surface area contributed by atoms with Crippen LogP contribution in [0.4, 0.5) is 0 Å². The minimum atomic E-state index is -0.985. The first-order valence-electron chi connectivity index (χ1n) is 5.86. The van der Waals surface area contributed by atoms with Crippen LogP contribution in [0, 0.1) is 5.92 Å². The Morgan fingerprint density at radius 2 is 1.76 bits per heavy atom. The predicted octanol–water partition coefficient (Wildman–Crippen LogP) is -0.588. The van der Waals surface area contributed by atoms with E-state index >= 15 is 0 Å². The van der Waals surface area contributed by atoms with Crippen molar-refractivity contribution in [1.29, 1.82) is 0 Å². The van der Waals surface area contributed by atoms with Gasteiger partial charge in [-0.3, -0.25) is 14.4 Å². The summed E-state index contributed by atoms with van der Waals surface area (Å²) < 4.78 is 0. The molecule has 6 heteroatoms. The Kier molecular flexibility index (Phi) is 4.93. The Labute approximate surface area is 100 Å². The molecule has 0 radical (unpaired) electrons. The van der Waals surface area contributed by atoms with Gasteiger partial charge in [-0.25, -0.2) is 0 Å². The van der Waals surface area contributed by atoms with Crippen LogP contribution in [-0.2, 0) is 14.4 Å². The van der Waals surface area contributed by atoms with Crippen LogP contribution in [-0.4, -0.2) is 23.8 Å². The summed E-state index contributed by atoms with van der Waals surface area (Å²) >= 11 is 0. The first-order valence-corrected chi connectivity index (χ1v) is 5.86. The van der Waals surface area contributed by atoms with Crippen molar-refractivity contribution in [2.45, 2.75) is 44.6 Å². The van der Waals surface area contributed by atoms with Crippen molar-refractivity contribution in [1.82, 2.24) is 5.32 Å². The molecule has 5 N–H and O–H groups in total. The van der Waals surface area contributed by atoms with Crippen molar-refractivity contribution in [3.8, 4) is 0 Å². The maximum Gasteiger partial charge on any atom is 0.240 e. The summed E-state index contributed by atoms with van der Waals surface area (Å²) in [4.78, 5) is 33.3. The van der Waals surface area contributed by atoms with Crippen LogP contribution in [0.3, 0.4) is 0 Å². The van der Waals surface area contributed by atoms with Crippen LogP contribution < -0.4 is 16.8 Å². The van der Waals surface area contributed by atoms with Crippen LogP contribution in [0.2, 0.25) is 0 Å². The highest BCUT2D eigenvalue weighted by atomic mass is 16.2. The zero-order valence-corrected chi connectivity index (χ0v) is 9.78. The molecule has 0 spiro atoms. The minimum Gasteiger partial charge on any atom is -0.370 e. The van der Waals surface area contributed by atoms with Crippen LogP contribution in [0.1, 0.15) is 38.5 Å². The SMILES string of the molecule is NC(=O)CC(NC(=O)CC1CCCC1)C(N)=O. The van der Waals surface area contributed by atoms with E-state index in [-0.39, 0.29) is 12.3 Å². The molecule has 1 fully saturated rings. The number of hydrogen-bond donors (Lipinski definition) is 3. The molecule has 1 unspecified atom stereocenters. The van der Waals surface area contributed by atoms with Crippen LogP contribution >= 0.6 is 0 Å². The van der Waals surface area contributed by atoms with Gasteiger partial charge in [0.15, 0.2) is 0 Å². The summed E-state index contributed by atoms with van der Waals surface area (Å²) in [7, 11) is 0. The molecule has 1 rings (SSSR count). The number of carbonyl (C=O) groups excluding carboxylic acids is 3. The molecule has 6 nitrogen and oxygen atoms in total. The zero-order valence-electron chi connectivity index (χ0n) is 9.78. The van der Waals surface area contributed by atoms with Crippen molar-refractivity contribution in [2.75, 3.05) is 0 Å². The lowest BCUT2D eigenvalue weighted by molar-refractivity contribution is -0.129. The predicted molar refractivity (Wildman–Crippen MR) is 61.5 cm³/mol. The van der Waals surface area contributed by atoms with Crippen LogP contribution in [0.15, 0.2) is 0 Å². The van der Waals surface area contributed by atoms with Crippen molar-refractivity contribution in [2.24, 2.45) is 17.4 Å². The highest BCUT2D eigenvalue weighted by molar-refractivity contribution is 5.90. The third kappa shape index (κ3) is 4.84. The lowest BCUT2D eigenvalue weighted by Gasteiger charge is -2.15. The average Bonchev–Trinajstić information content (AvgIpc) is 2.68. The normalized spacial score (nSPS) is 17.6. The fourth-order valence-corrected chi connectivity index (χ4v) is 2.15. The minimum absolute atomic E-state index is 0.234. The molecule has 0 aliphatic heterocycles. The van der Waals surface area contributed by atoms with E-state index in [1.807, 2.05) is 0 Å². The Hall–Kier alpha value is -1.59. The van der Waals surface area contributed by atoms with Crippen molar-refractivity contribution < 1.29 is 14.4 Å². The second-order valence-electron chi connectivity index (χ2n) is 4.55. The molecule has 0 bridgehead atoms. The monoisotopic (exact) mass is 241 g/mol. The molecule has 1 aliphatic carbocycles. The standard InChI is InChI=1S/C11H19N3O3/c12-9(15)6-8(11(13)17)14-10(16)5-7-3-1-2-4-7/h7-8H,1-6H2,(H2,12,15)(H2,13,17)(H,14,16). The first kappa shape index (κ1) is 13.5. The van der Waals surface area contributed by atoms with E-state index in [0.29, 0.717) is 12.3 Å². The summed E-state index contributed by atoms with van der Waals surface area (Å²) in [6.07, 6.45) is 4.54. The van der Waals surface area contributed by atoms with Gasteiger partial charge in [-0.1, -0.05) is 12.8 Å². The second-order valence-corrected chi connectivity index (χ2v) is 4.55. The third-order valence-electron chi connectivity index (χ3n) is 3.03. The van der Waals surface area contributed by atoms with E-state index in [1.165, 1.54) is 0 Å². The summed E-state index contributed by atoms with van der Waals surface area (Å²) in [5.74, 6) is -1.24. The van der Waals surface area contributed by atoms with Gasteiger partial charge in [0, 0.05) is 6.42 Å². The van der Waals surface area contributed by atoms with Gasteiger partial charge in [-0.05, 0) is 18.8 Å². The summed E-state index contributed by atoms with van der Waals surface area (Å²) in [6.45, 7) is 0. The van der Waals surface area contributed by atoms with Crippen LogP contribution in [0.5, 0.6) is 0 Å². The quantitative estimate of drug-likeness (QED) is 0.577. The van der Waals surface area contributed by atoms with Crippen molar-refractivity contribution in [3.63, 3.8) is 0 Å². The van der Waals surface area contributed by atoms with Crippen molar-refractivity contribution >= 4 is 17.7 Å². The van der Waals surface area contributed by atoms with Gasteiger partial charge in [0.2, 0.25) is 17.7 Å². The number of amides is 3. The van der Waals surface area contributed by atoms with E-state index in [9.17, 15) is 14.4 Å². The largest absolute Gasteiger partial charge is 0.370 e. The van der Waals surface area contributed by atoms with E-state index in [2.05, 4.69) is 5.32 Å². The highest BCUT2D eigenvalue weighted by Crippen LogP contribution is 2.27. The molecule has 96 valence electrons. The molecule has 0 aromatic carbocycles. The molecular formula is C11H19N3O3. The lowest BCUT2D eigenvalue weighted by Crippen LogP contribution is -2.46. The number of hydrogen-bond acceptors (Lipinski definition) is 3. The van der Waals surface area contributed by atoms with Crippen molar-refractivity contribution in [3.05, 3.63) is 0 Å². The van der Waals surface area contributed by atoms with E-state index < -0.39 is 17.9 Å². The lowest BCUT2D eigenvalue weighted by atomic mass is 10.0.